The van der Waals surface area contributed by atoms with E-state index in [0.29, 0.717) is 6.42 Å². The molecule has 1 aliphatic rings. The van der Waals surface area contributed by atoms with Gasteiger partial charge in [-0.25, -0.2) is 9.59 Å². The average Bonchev–Trinajstić information content (AvgIpc) is 2.83. The summed E-state index contributed by atoms with van der Waals surface area (Å²) in [7, 11) is 1.59. The Morgan fingerprint density at radius 3 is 2.26 bits per heavy atom. The maximum absolute atomic E-state index is 12.4. The molecule has 5 heteroatoms. The number of rotatable bonds is 5. The van der Waals surface area contributed by atoms with E-state index in [4.69, 9.17) is 5.11 Å². The van der Waals surface area contributed by atoms with E-state index in [1.807, 2.05) is 0 Å². The molecule has 5 nitrogen and oxygen atoms in total. The molecule has 0 aromatic carbocycles. The van der Waals surface area contributed by atoms with Gasteiger partial charge in [0, 0.05) is 20.1 Å². The fourth-order valence-electron chi connectivity index (χ4n) is 2.90. The molecule has 110 valence electrons. The summed E-state index contributed by atoms with van der Waals surface area (Å²) in [5, 5.41) is 9.12. The van der Waals surface area contributed by atoms with Crippen molar-refractivity contribution in [1.29, 1.82) is 0 Å². The summed E-state index contributed by atoms with van der Waals surface area (Å²) in [6, 6.07) is -0.885. The van der Waals surface area contributed by atoms with Crippen LogP contribution in [0.15, 0.2) is 0 Å². The maximum Gasteiger partial charge on any atom is 0.326 e. The molecule has 1 saturated heterocycles. The molecule has 1 unspecified atom stereocenters. The van der Waals surface area contributed by atoms with E-state index < -0.39 is 12.0 Å². The van der Waals surface area contributed by atoms with Crippen LogP contribution in [0, 0.1) is 5.41 Å². The van der Waals surface area contributed by atoms with E-state index >= 15 is 0 Å². The highest BCUT2D eigenvalue weighted by Crippen LogP contribution is 2.37. The fourth-order valence-corrected chi connectivity index (χ4v) is 2.90. The Bertz CT molecular complexity index is 340. The Labute approximate surface area is 115 Å². The minimum atomic E-state index is -0.935. The molecule has 2 amide bonds. The molecule has 1 N–H and O–H groups in total. The Hall–Kier alpha value is -1.26. The quantitative estimate of drug-likeness (QED) is 0.834. The minimum Gasteiger partial charge on any atom is -0.480 e. The molecular formula is C14H26N2O3. The van der Waals surface area contributed by atoms with Crippen molar-refractivity contribution in [3.63, 3.8) is 0 Å². The number of likely N-dealkylation sites (tertiary alicyclic amines) is 1. The zero-order valence-corrected chi connectivity index (χ0v) is 12.5. The Kier molecular flexibility index (Phi) is 5.20. The van der Waals surface area contributed by atoms with E-state index in [9.17, 15) is 9.59 Å². The standard InChI is InChI=1S/C14H26N2O3/c1-5-11(12(17)18)15(4)13(19)16-9-8-14(6-2,7-3)10-16/h11H,5-10H2,1-4H3,(H,17,18). The summed E-state index contributed by atoms with van der Waals surface area (Å²) in [5.74, 6) is -0.935. The number of carbonyl (C=O) groups excluding carboxylic acids is 1. The van der Waals surface area contributed by atoms with Crippen LogP contribution in [0.3, 0.4) is 0 Å². The summed E-state index contributed by atoms with van der Waals surface area (Å²) in [5.41, 5.74) is 0.224. The number of likely N-dealkylation sites (N-methyl/N-ethyl adjacent to an activating group) is 1. The van der Waals surface area contributed by atoms with Gasteiger partial charge in [-0.2, -0.15) is 0 Å². The maximum atomic E-state index is 12.4. The van der Waals surface area contributed by atoms with Crippen molar-refractivity contribution >= 4 is 12.0 Å². The van der Waals surface area contributed by atoms with E-state index in [1.165, 1.54) is 4.90 Å². The van der Waals surface area contributed by atoms with Gasteiger partial charge in [0.1, 0.15) is 6.04 Å². The van der Waals surface area contributed by atoms with E-state index in [2.05, 4.69) is 13.8 Å². The molecule has 0 aliphatic carbocycles. The van der Waals surface area contributed by atoms with Gasteiger partial charge < -0.3 is 14.9 Å². The number of aliphatic carboxylic acids is 1. The highest BCUT2D eigenvalue weighted by molar-refractivity contribution is 5.82. The van der Waals surface area contributed by atoms with Crippen LogP contribution in [-0.2, 0) is 4.79 Å². The van der Waals surface area contributed by atoms with Crippen LogP contribution in [0.1, 0.15) is 46.5 Å². The van der Waals surface area contributed by atoms with E-state index in [0.717, 1.165) is 32.4 Å². The molecule has 0 aromatic heterocycles. The van der Waals surface area contributed by atoms with Crippen molar-refractivity contribution < 1.29 is 14.7 Å². The summed E-state index contributed by atoms with van der Waals surface area (Å²) in [4.78, 5) is 26.6. The van der Waals surface area contributed by atoms with Gasteiger partial charge in [0.2, 0.25) is 0 Å². The van der Waals surface area contributed by atoms with E-state index in [-0.39, 0.29) is 11.4 Å². The molecular weight excluding hydrogens is 244 g/mol. The summed E-state index contributed by atoms with van der Waals surface area (Å²) in [6.07, 6.45) is 3.57. The molecule has 1 rings (SSSR count). The second-order valence-electron chi connectivity index (χ2n) is 5.53. The van der Waals surface area contributed by atoms with Gasteiger partial charge in [0.05, 0.1) is 0 Å². The first-order valence-electron chi connectivity index (χ1n) is 7.15. The number of hydrogen-bond donors (Lipinski definition) is 1. The zero-order valence-electron chi connectivity index (χ0n) is 12.5. The number of amides is 2. The number of carbonyl (C=O) groups is 2. The lowest BCUT2D eigenvalue weighted by Crippen LogP contribution is -2.48. The first-order chi connectivity index (χ1) is 8.90. The van der Waals surface area contributed by atoms with Gasteiger partial charge in [-0.05, 0) is 31.1 Å². The number of hydrogen-bond acceptors (Lipinski definition) is 2. The largest absolute Gasteiger partial charge is 0.480 e. The number of urea groups is 1. The molecule has 1 aliphatic heterocycles. The van der Waals surface area contributed by atoms with Gasteiger partial charge in [-0.3, -0.25) is 0 Å². The molecule has 0 bridgehead atoms. The van der Waals surface area contributed by atoms with Crippen LogP contribution < -0.4 is 0 Å². The van der Waals surface area contributed by atoms with E-state index in [1.54, 1.807) is 18.9 Å². The number of carboxylic acid groups (broad SMARTS) is 1. The van der Waals surface area contributed by atoms with Crippen molar-refractivity contribution in [1.82, 2.24) is 9.80 Å². The second-order valence-corrected chi connectivity index (χ2v) is 5.53. The van der Waals surface area contributed by atoms with Crippen molar-refractivity contribution in [2.75, 3.05) is 20.1 Å². The molecule has 0 saturated carbocycles. The Morgan fingerprint density at radius 1 is 1.32 bits per heavy atom. The normalized spacial score (nSPS) is 19.3. The molecule has 19 heavy (non-hydrogen) atoms. The van der Waals surface area contributed by atoms with Gasteiger partial charge in [-0.15, -0.1) is 0 Å². The molecule has 0 spiro atoms. The lowest BCUT2D eigenvalue weighted by Gasteiger charge is -2.31. The van der Waals surface area contributed by atoms with Crippen molar-refractivity contribution in [2.24, 2.45) is 5.41 Å². The molecule has 1 fully saturated rings. The molecule has 0 radical (unpaired) electrons. The zero-order chi connectivity index (χ0) is 14.6. The smallest absolute Gasteiger partial charge is 0.326 e. The van der Waals surface area contributed by atoms with Gasteiger partial charge in [-0.1, -0.05) is 20.8 Å². The van der Waals surface area contributed by atoms with Crippen LogP contribution in [0.5, 0.6) is 0 Å². The SMILES string of the molecule is CCC(C(=O)O)N(C)C(=O)N1CCC(CC)(CC)C1. The summed E-state index contributed by atoms with van der Waals surface area (Å²) in [6.45, 7) is 7.59. The highest BCUT2D eigenvalue weighted by Gasteiger charge is 2.39. The van der Waals surface area contributed by atoms with Crippen molar-refractivity contribution in [2.45, 2.75) is 52.5 Å². The third-order valence-corrected chi connectivity index (χ3v) is 4.65. The van der Waals surface area contributed by atoms with Crippen LogP contribution >= 0.6 is 0 Å². The van der Waals surface area contributed by atoms with Gasteiger partial charge in [0.15, 0.2) is 0 Å². The van der Waals surface area contributed by atoms with Crippen LogP contribution in [0.25, 0.3) is 0 Å². The van der Waals surface area contributed by atoms with Gasteiger partial charge >= 0.3 is 12.0 Å². The predicted molar refractivity (Wildman–Crippen MR) is 74.1 cm³/mol. The lowest BCUT2D eigenvalue weighted by molar-refractivity contribution is -0.142. The van der Waals surface area contributed by atoms with Gasteiger partial charge in [0.25, 0.3) is 0 Å². The van der Waals surface area contributed by atoms with Crippen LogP contribution in [-0.4, -0.2) is 53.1 Å². The number of nitrogens with zero attached hydrogens (tertiary/aromatic N) is 2. The molecule has 0 aromatic rings. The Morgan fingerprint density at radius 2 is 1.89 bits per heavy atom. The summed E-state index contributed by atoms with van der Waals surface area (Å²) < 4.78 is 0. The molecule has 1 heterocycles. The topological polar surface area (TPSA) is 60.9 Å². The third kappa shape index (κ3) is 3.19. The van der Waals surface area contributed by atoms with Crippen molar-refractivity contribution in [3.8, 4) is 0 Å². The predicted octanol–water partition coefficient (Wildman–Crippen LogP) is 2.41. The summed E-state index contributed by atoms with van der Waals surface area (Å²) >= 11 is 0. The lowest BCUT2D eigenvalue weighted by atomic mass is 9.82. The number of carboxylic acids is 1. The fraction of sp³-hybridized carbons (Fsp3) is 0.857. The monoisotopic (exact) mass is 270 g/mol. The van der Waals surface area contributed by atoms with Crippen LogP contribution in [0.4, 0.5) is 4.79 Å². The molecule has 1 atom stereocenters. The minimum absolute atomic E-state index is 0.155. The second kappa shape index (κ2) is 6.26. The average molecular weight is 270 g/mol. The van der Waals surface area contributed by atoms with Crippen LogP contribution in [0.2, 0.25) is 0 Å². The van der Waals surface area contributed by atoms with Crippen molar-refractivity contribution in [3.05, 3.63) is 0 Å². The Balaban J connectivity index is 2.72. The third-order valence-electron chi connectivity index (χ3n) is 4.65. The highest BCUT2D eigenvalue weighted by atomic mass is 16.4. The first-order valence-corrected chi connectivity index (χ1v) is 7.15. The first kappa shape index (κ1) is 15.8.